The van der Waals surface area contributed by atoms with Crippen molar-refractivity contribution >= 4 is 33.9 Å². The Labute approximate surface area is 182 Å². The number of aromatic nitrogens is 3. The number of hydrogen-bond acceptors (Lipinski definition) is 4. The van der Waals surface area contributed by atoms with Gasteiger partial charge in [0.1, 0.15) is 12.3 Å². The highest BCUT2D eigenvalue weighted by atomic mass is 79.9. The summed E-state index contributed by atoms with van der Waals surface area (Å²) >= 11 is 3.38. The van der Waals surface area contributed by atoms with Crippen LogP contribution in [0.4, 0.5) is 0 Å². The third kappa shape index (κ3) is 4.55. The standard InChI is InChI=1S/C24H18BrN3O2/c25-19-13-11-18(12-14-19)22(30)16-28-24(20-8-4-5-9-21(20)29)26-23(27-28)15-10-17-6-2-1-3-7-17/h1-15,29H,16H2/b15-10+. The van der Waals surface area contributed by atoms with Crippen molar-refractivity contribution in [3.8, 4) is 17.1 Å². The molecule has 1 heterocycles. The lowest BCUT2D eigenvalue weighted by atomic mass is 10.1. The van der Waals surface area contributed by atoms with Crippen molar-refractivity contribution in [1.82, 2.24) is 14.8 Å². The van der Waals surface area contributed by atoms with Crippen LogP contribution in [0, 0.1) is 0 Å². The number of benzene rings is 3. The minimum absolute atomic E-state index is 0.0114. The van der Waals surface area contributed by atoms with Gasteiger partial charge in [-0.05, 0) is 35.9 Å². The predicted octanol–water partition coefficient (Wildman–Crippen LogP) is 5.47. The average Bonchev–Trinajstić information content (AvgIpc) is 3.16. The highest BCUT2D eigenvalue weighted by Gasteiger charge is 2.17. The number of carbonyl (C=O) groups excluding carboxylic acids is 1. The Bertz CT molecular complexity index is 1200. The molecule has 0 atom stereocenters. The molecule has 0 amide bonds. The van der Waals surface area contributed by atoms with Gasteiger partial charge < -0.3 is 5.11 Å². The van der Waals surface area contributed by atoms with Crippen molar-refractivity contribution in [3.63, 3.8) is 0 Å². The Hall–Kier alpha value is -3.51. The van der Waals surface area contributed by atoms with Crippen molar-refractivity contribution in [1.29, 1.82) is 0 Å². The Kier molecular flexibility index (Phi) is 5.86. The number of phenolic OH excluding ortho intramolecular Hbond substituents is 1. The van der Waals surface area contributed by atoms with E-state index in [0.717, 1.165) is 10.0 Å². The minimum atomic E-state index is -0.0948. The summed E-state index contributed by atoms with van der Waals surface area (Å²) in [6.45, 7) is 0.0114. The molecule has 1 aromatic heterocycles. The molecular formula is C24H18BrN3O2. The van der Waals surface area contributed by atoms with E-state index in [1.54, 1.807) is 36.4 Å². The fourth-order valence-corrected chi connectivity index (χ4v) is 3.26. The van der Waals surface area contributed by atoms with Crippen LogP contribution in [0.1, 0.15) is 21.7 Å². The van der Waals surface area contributed by atoms with Crippen molar-refractivity contribution in [2.75, 3.05) is 0 Å². The molecule has 0 aliphatic rings. The van der Waals surface area contributed by atoms with Gasteiger partial charge in [0.2, 0.25) is 0 Å². The van der Waals surface area contributed by atoms with E-state index in [4.69, 9.17) is 0 Å². The van der Waals surface area contributed by atoms with Gasteiger partial charge in [0, 0.05) is 10.0 Å². The zero-order chi connectivity index (χ0) is 20.9. The Balaban J connectivity index is 1.69. The summed E-state index contributed by atoms with van der Waals surface area (Å²) in [4.78, 5) is 17.4. The lowest BCUT2D eigenvalue weighted by Gasteiger charge is -2.07. The number of halogens is 1. The zero-order valence-corrected chi connectivity index (χ0v) is 17.5. The van der Waals surface area contributed by atoms with Crippen LogP contribution in [0.15, 0.2) is 83.3 Å². The number of hydrogen-bond donors (Lipinski definition) is 1. The quantitative estimate of drug-likeness (QED) is 0.388. The van der Waals surface area contributed by atoms with Crippen molar-refractivity contribution in [3.05, 3.63) is 100 Å². The summed E-state index contributed by atoms with van der Waals surface area (Å²) < 4.78 is 2.44. The van der Waals surface area contributed by atoms with Gasteiger partial charge in [0.05, 0.1) is 5.56 Å². The minimum Gasteiger partial charge on any atom is -0.507 e. The fraction of sp³-hybridized carbons (Fsp3) is 0.0417. The molecule has 0 saturated carbocycles. The van der Waals surface area contributed by atoms with Crippen LogP contribution in [-0.4, -0.2) is 25.7 Å². The first-order chi connectivity index (χ1) is 14.6. The number of aromatic hydroxyl groups is 1. The largest absolute Gasteiger partial charge is 0.507 e. The molecule has 6 heteroatoms. The summed E-state index contributed by atoms with van der Waals surface area (Å²) in [7, 11) is 0. The molecule has 30 heavy (non-hydrogen) atoms. The van der Waals surface area contributed by atoms with Crippen molar-refractivity contribution < 1.29 is 9.90 Å². The lowest BCUT2D eigenvalue weighted by molar-refractivity contribution is 0.0968. The normalized spacial score (nSPS) is 11.1. The SMILES string of the molecule is O=C(Cn1nc(/C=C/c2ccccc2)nc1-c1ccccc1O)c1ccc(Br)cc1. The van der Waals surface area contributed by atoms with Crippen molar-refractivity contribution in [2.45, 2.75) is 6.54 Å². The topological polar surface area (TPSA) is 68.0 Å². The van der Waals surface area contributed by atoms with Gasteiger partial charge >= 0.3 is 0 Å². The summed E-state index contributed by atoms with van der Waals surface area (Å²) in [5.41, 5.74) is 2.12. The predicted molar refractivity (Wildman–Crippen MR) is 121 cm³/mol. The van der Waals surface area contributed by atoms with Gasteiger partial charge in [-0.3, -0.25) is 4.79 Å². The molecule has 0 aliphatic heterocycles. The van der Waals surface area contributed by atoms with Gasteiger partial charge in [-0.1, -0.05) is 76.6 Å². The molecule has 0 bridgehead atoms. The van der Waals surface area contributed by atoms with E-state index >= 15 is 0 Å². The van der Waals surface area contributed by atoms with E-state index in [1.165, 1.54) is 4.68 Å². The second-order valence-electron chi connectivity index (χ2n) is 6.64. The summed E-state index contributed by atoms with van der Waals surface area (Å²) in [5.74, 6) is 0.885. The van der Waals surface area contributed by atoms with Gasteiger partial charge in [-0.15, -0.1) is 0 Å². The number of ketones is 1. The molecule has 4 rings (SSSR count). The van der Waals surface area contributed by atoms with Crippen molar-refractivity contribution in [2.24, 2.45) is 0 Å². The molecule has 4 aromatic rings. The fourth-order valence-electron chi connectivity index (χ4n) is 3.00. The van der Waals surface area contributed by atoms with E-state index in [-0.39, 0.29) is 18.1 Å². The smallest absolute Gasteiger partial charge is 0.184 e. The first kappa shape index (κ1) is 19.8. The maximum Gasteiger partial charge on any atom is 0.184 e. The molecule has 0 spiro atoms. The highest BCUT2D eigenvalue weighted by Crippen LogP contribution is 2.28. The van der Waals surface area contributed by atoms with Gasteiger partial charge in [-0.2, -0.15) is 5.10 Å². The molecule has 0 radical (unpaired) electrons. The zero-order valence-electron chi connectivity index (χ0n) is 15.9. The van der Waals surface area contributed by atoms with E-state index in [9.17, 15) is 9.90 Å². The summed E-state index contributed by atoms with van der Waals surface area (Å²) in [6, 6.07) is 23.9. The molecule has 0 aliphatic carbocycles. The summed E-state index contributed by atoms with van der Waals surface area (Å²) in [6.07, 6.45) is 3.70. The lowest BCUT2D eigenvalue weighted by Crippen LogP contribution is -2.13. The van der Waals surface area contributed by atoms with E-state index in [1.807, 2.05) is 54.6 Å². The molecule has 0 fully saturated rings. The van der Waals surface area contributed by atoms with Gasteiger partial charge in [0.15, 0.2) is 17.4 Å². The first-order valence-electron chi connectivity index (χ1n) is 9.35. The maximum absolute atomic E-state index is 12.8. The van der Waals surface area contributed by atoms with E-state index < -0.39 is 0 Å². The molecule has 0 unspecified atom stereocenters. The van der Waals surface area contributed by atoms with Crippen LogP contribution in [0.3, 0.4) is 0 Å². The number of phenols is 1. The summed E-state index contributed by atoms with van der Waals surface area (Å²) in [5, 5.41) is 14.8. The molecule has 5 nitrogen and oxygen atoms in total. The third-order valence-corrected chi connectivity index (χ3v) is 5.05. The number of para-hydroxylation sites is 1. The van der Waals surface area contributed by atoms with Crippen LogP contribution >= 0.6 is 15.9 Å². The van der Waals surface area contributed by atoms with Crippen LogP contribution < -0.4 is 0 Å². The molecule has 3 aromatic carbocycles. The second-order valence-corrected chi connectivity index (χ2v) is 7.56. The average molecular weight is 460 g/mol. The Morgan fingerprint density at radius 2 is 1.63 bits per heavy atom. The number of rotatable bonds is 6. The van der Waals surface area contributed by atoms with Gasteiger partial charge in [-0.25, -0.2) is 9.67 Å². The van der Waals surface area contributed by atoms with Crippen LogP contribution in [0.2, 0.25) is 0 Å². The number of nitrogens with zero attached hydrogens (tertiary/aromatic N) is 3. The van der Waals surface area contributed by atoms with E-state index in [0.29, 0.717) is 22.8 Å². The maximum atomic E-state index is 12.8. The Morgan fingerprint density at radius 3 is 2.37 bits per heavy atom. The van der Waals surface area contributed by atoms with Gasteiger partial charge in [0.25, 0.3) is 0 Å². The monoisotopic (exact) mass is 459 g/mol. The Morgan fingerprint density at radius 1 is 0.933 bits per heavy atom. The highest BCUT2D eigenvalue weighted by molar-refractivity contribution is 9.10. The van der Waals surface area contributed by atoms with Crippen LogP contribution in [0.25, 0.3) is 23.5 Å². The molecular weight excluding hydrogens is 442 g/mol. The first-order valence-corrected chi connectivity index (χ1v) is 10.1. The van der Waals surface area contributed by atoms with Crippen LogP contribution in [0.5, 0.6) is 5.75 Å². The number of Topliss-reactive ketones (excluding diaryl/α,β-unsaturated/α-hetero) is 1. The second kappa shape index (κ2) is 8.88. The molecule has 1 N–H and O–H groups in total. The number of carbonyl (C=O) groups is 1. The van der Waals surface area contributed by atoms with E-state index in [2.05, 4.69) is 26.0 Å². The molecule has 0 saturated heterocycles. The third-order valence-electron chi connectivity index (χ3n) is 4.52. The van der Waals surface area contributed by atoms with Crippen LogP contribution in [-0.2, 0) is 6.54 Å². The molecule has 148 valence electrons.